The predicted molar refractivity (Wildman–Crippen MR) is 116 cm³/mol. The normalized spacial score (nSPS) is 15.0. The molecule has 2 N–H and O–H groups in total. The zero-order valence-corrected chi connectivity index (χ0v) is 17.3. The van der Waals surface area contributed by atoms with Crippen molar-refractivity contribution >= 4 is 22.7 Å². The van der Waals surface area contributed by atoms with Gasteiger partial charge in [-0.05, 0) is 62.9 Å². The van der Waals surface area contributed by atoms with Crippen molar-refractivity contribution < 1.29 is 13.9 Å². The molecule has 4 rings (SSSR count). The van der Waals surface area contributed by atoms with E-state index in [0.29, 0.717) is 29.1 Å². The minimum absolute atomic E-state index is 0.151. The van der Waals surface area contributed by atoms with Crippen LogP contribution in [0.4, 0.5) is 5.69 Å². The van der Waals surface area contributed by atoms with Crippen molar-refractivity contribution in [3.8, 4) is 5.75 Å². The Hall–Kier alpha value is -3.22. The number of piperidine rings is 1. The molecule has 1 aliphatic heterocycles. The van der Waals surface area contributed by atoms with Crippen molar-refractivity contribution in [3.63, 3.8) is 0 Å². The van der Waals surface area contributed by atoms with Crippen LogP contribution in [-0.2, 0) is 0 Å². The summed E-state index contributed by atoms with van der Waals surface area (Å²) in [5.41, 5.74) is 2.65. The summed E-state index contributed by atoms with van der Waals surface area (Å²) in [6, 6.07) is 13.2. The highest BCUT2D eigenvalue weighted by molar-refractivity contribution is 5.96. The zero-order valence-electron chi connectivity index (χ0n) is 17.3. The Morgan fingerprint density at radius 3 is 2.80 bits per heavy atom. The maximum Gasteiger partial charge on any atom is 0.417 e. The van der Waals surface area contributed by atoms with Gasteiger partial charge in [-0.15, -0.1) is 0 Å². The maximum atomic E-state index is 12.5. The highest BCUT2D eigenvalue weighted by Gasteiger charge is 2.21. The van der Waals surface area contributed by atoms with E-state index in [1.807, 2.05) is 26.0 Å². The van der Waals surface area contributed by atoms with Crippen molar-refractivity contribution in [2.75, 3.05) is 24.5 Å². The molecule has 0 bridgehead atoms. The average Bonchev–Trinajstić information content (AvgIpc) is 3.11. The van der Waals surface area contributed by atoms with Crippen LogP contribution in [0.15, 0.2) is 51.7 Å². The van der Waals surface area contributed by atoms with Gasteiger partial charge in [0, 0.05) is 37.0 Å². The molecule has 7 heteroatoms. The first-order valence-electron chi connectivity index (χ1n) is 10.4. The predicted octanol–water partition coefficient (Wildman–Crippen LogP) is 3.55. The van der Waals surface area contributed by atoms with Crippen LogP contribution in [0.2, 0.25) is 0 Å². The Morgan fingerprint density at radius 2 is 2.03 bits per heavy atom. The summed E-state index contributed by atoms with van der Waals surface area (Å²) in [7, 11) is 0. The van der Waals surface area contributed by atoms with E-state index in [0.717, 1.165) is 31.7 Å². The second kappa shape index (κ2) is 8.65. The van der Waals surface area contributed by atoms with Gasteiger partial charge in [-0.1, -0.05) is 6.07 Å². The molecule has 1 amide bonds. The van der Waals surface area contributed by atoms with Gasteiger partial charge in [-0.3, -0.25) is 9.78 Å². The molecule has 3 aromatic rings. The first kappa shape index (κ1) is 20.1. The van der Waals surface area contributed by atoms with Crippen LogP contribution < -0.4 is 20.7 Å². The molecule has 1 aromatic heterocycles. The van der Waals surface area contributed by atoms with Crippen LogP contribution in [0.1, 0.15) is 37.0 Å². The van der Waals surface area contributed by atoms with Crippen LogP contribution in [0.3, 0.4) is 0 Å². The second-order valence-corrected chi connectivity index (χ2v) is 8.03. The van der Waals surface area contributed by atoms with Crippen LogP contribution >= 0.6 is 0 Å². The third-order valence-electron chi connectivity index (χ3n) is 5.40. The first-order valence-corrected chi connectivity index (χ1v) is 10.4. The summed E-state index contributed by atoms with van der Waals surface area (Å²) in [4.78, 5) is 28.7. The van der Waals surface area contributed by atoms with E-state index in [1.54, 1.807) is 18.2 Å². The fourth-order valence-electron chi connectivity index (χ4n) is 3.85. The van der Waals surface area contributed by atoms with E-state index in [-0.39, 0.29) is 12.0 Å². The van der Waals surface area contributed by atoms with Gasteiger partial charge in [0.1, 0.15) is 5.75 Å². The average molecular weight is 409 g/mol. The van der Waals surface area contributed by atoms with Gasteiger partial charge in [-0.2, -0.15) is 0 Å². The molecule has 0 spiro atoms. The number of H-pyrrole nitrogens is 1. The van der Waals surface area contributed by atoms with Crippen molar-refractivity contribution in [3.05, 3.63) is 58.6 Å². The maximum absolute atomic E-state index is 12.5. The number of oxazole rings is 1. The topological polar surface area (TPSA) is 87.6 Å². The molecule has 0 atom stereocenters. The van der Waals surface area contributed by atoms with E-state index in [9.17, 15) is 9.59 Å². The minimum atomic E-state index is -0.518. The molecule has 1 saturated heterocycles. The number of rotatable bonds is 6. The van der Waals surface area contributed by atoms with Gasteiger partial charge in [0.25, 0.3) is 5.91 Å². The van der Waals surface area contributed by atoms with Crippen molar-refractivity contribution in [1.29, 1.82) is 0 Å². The largest absolute Gasteiger partial charge is 0.491 e. The number of aromatic nitrogens is 1. The summed E-state index contributed by atoms with van der Waals surface area (Å²) in [6.07, 6.45) is 2.19. The van der Waals surface area contributed by atoms with Gasteiger partial charge in [-0.25, -0.2) is 4.79 Å². The monoisotopic (exact) mass is 409 g/mol. The lowest BCUT2D eigenvalue weighted by atomic mass is 9.96. The van der Waals surface area contributed by atoms with Crippen LogP contribution in [-0.4, -0.2) is 36.6 Å². The number of hydrogen-bond donors (Lipinski definition) is 2. The number of carbonyl (C=O) groups excluding carboxylic acids is 1. The third-order valence-corrected chi connectivity index (χ3v) is 5.40. The number of ether oxygens (including phenoxy) is 1. The molecule has 2 heterocycles. The molecular weight excluding hydrogens is 382 g/mol. The number of benzene rings is 2. The fourth-order valence-corrected chi connectivity index (χ4v) is 3.85. The molecule has 1 fully saturated rings. The van der Waals surface area contributed by atoms with Gasteiger partial charge in [0.05, 0.1) is 11.6 Å². The van der Waals surface area contributed by atoms with E-state index in [4.69, 9.17) is 9.15 Å². The molecular formula is C23H27N3O4. The third kappa shape index (κ3) is 4.67. The summed E-state index contributed by atoms with van der Waals surface area (Å²) in [6.45, 7) is 6.59. The molecule has 1 aliphatic rings. The van der Waals surface area contributed by atoms with Crippen molar-refractivity contribution in [2.24, 2.45) is 5.92 Å². The number of amides is 1. The van der Waals surface area contributed by atoms with E-state index in [1.165, 1.54) is 5.69 Å². The molecule has 7 nitrogen and oxygen atoms in total. The standard InChI is InChI=1S/C23H27N3O4/c1-15(2)29-19-5-3-4-18(13-19)26-10-8-16(9-11-26)14-24-22(27)17-6-7-20-21(12-17)30-23(28)25-20/h3-7,12-13,15-16H,8-11,14H2,1-2H3,(H,24,27)(H,25,28). The Balaban J connectivity index is 1.29. The quantitative estimate of drug-likeness (QED) is 0.650. The number of nitrogens with zero attached hydrogens (tertiary/aromatic N) is 1. The molecule has 0 saturated carbocycles. The van der Waals surface area contributed by atoms with Gasteiger partial charge in [0.15, 0.2) is 5.58 Å². The lowest BCUT2D eigenvalue weighted by Gasteiger charge is -2.34. The number of carbonyl (C=O) groups is 1. The number of aromatic amines is 1. The van der Waals surface area contributed by atoms with Crippen molar-refractivity contribution in [2.45, 2.75) is 32.8 Å². The highest BCUT2D eigenvalue weighted by atomic mass is 16.5. The number of anilines is 1. The smallest absolute Gasteiger partial charge is 0.417 e. The van der Waals surface area contributed by atoms with Gasteiger partial charge in [0.2, 0.25) is 0 Å². The van der Waals surface area contributed by atoms with Crippen LogP contribution in [0.25, 0.3) is 11.1 Å². The molecule has 30 heavy (non-hydrogen) atoms. The van der Waals surface area contributed by atoms with Gasteiger partial charge < -0.3 is 19.4 Å². The molecule has 2 aromatic carbocycles. The zero-order chi connectivity index (χ0) is 21.1. The first-order chi connectivity index (χ1) is 14.5. The lowest BCUT2D eigenvalue weighted by Crippen LogP contribution is -2.38. The minimum Gasteiger partial charge on any atom is -0.491 e. The fraction of sp³-hybridized carbons (Fsp3) is 0.391. The number of hydrogen-bond acceptors (Lipinski definition) is 5. The summed E-state index contributed by atoms with van der Waals surface area (Å²) < 4.78 is 10.8. The van der Waals surface area contributed by atoms with E-state index >= 15 is 0 Å². The highest BCUT2D eigenvalue weighted by Crippen LogP contribution is 2.26. The summed E-state index contributed by atoms with van der Waals surface area (Å²) in [5, 5.41) is 3.02. The molecule has 0 unspecified atom stereocenters. The SMILES string of the molecule is CC(C)Oc1cccc(N2CCC(CNC(=O)c3ccc4[nH]c(=O)oc4c3)CC2)c1. The van der Waals surface area contributed by atoms with Crippen LogP contribution in [0.5, 0.6) is 5.75 Å². The summed E-state index contributed by atoms with van der Waals surface area (Å²) in [5.74, 6) is 0.665. The molecule has 158 valence electrons. The Kier molecular flexibility index (Phi) is 5.79. The Morgan fingerprint density at radius 1 is 1.23 bits per heavy atom. The lowest BCUT2D eigenvalue weighted by molar-refractivity contribution is 0.0945. The number of fused-ring (bicyclic) bond motifs is 1. The Bertz CT molecular complexity index is 1080. The number of nitrogens with one attached hydrogen (secondary N) is 2. The van der Waals surface area contributed by atoms with Gasteiger partial charge >= 0.3 is 5.76 Å². The van der Waals surface area contributed by atoms with E-state index in [2.05, 4.69) is 27.3 Å². The van der Waals surface area contributed by atoms with Crippen molar-refractivity contribution in [1.82, 2.24) is 10.3 Å². The Labute approximate surface area is 175 Å². The van der Waals surface area contributed by atoms with Crippen LogP contribution in [0, 0.1) is 5.92 Å². The molecule has 0 radical (unpaired) electrons. The van der Waals surface area contributed by atoms with E-state index < -0.39 is 5.76 Å². The molecule has 0 aliphatic carbocycles. The summed E-state index contributed by atoms with van der Waals surface area (Å²) >= 11 is 0. The second-order valence-electron chi connectivity index (χ2n) is 8.03.